The number of carbonyl (C=O) groups excluding carboxylic acids is 2. The fraction of sp³-hybridized carbons (Fsp3) is 0.375. The second-order valence-corrected chi connectivity index (χ2v) is 7.57. The van der Waals surface area contributed by atoms with E-state index in [9.17, 15) is 18.0 Å². The number of aliphatic hydroxyl groups is 1. The molecule has 10 heteroatoms. The van der Waals surface area contributed by atoms with Gasteiger partial charge in [0.25, 0.3) is 5.91 Å². The number of nitrogens with zero attached hydrogens (tertiary/aromatic N) is 1. The van der Waals surface area contributed by atoms with E-state index in [0.29, 0.717) is 16.9 Å². The highest BCUT2D eigenvalue weighted by Gasteiger charge is 2.34. The van der Waals surface area contributed by atoms with Crippen LogP contribution in [0.4, 0.5) is 11.4 Å². The number of anilines is 2. The lowest BCUT2D eigenvalue weighted by Crippen LogP contribution is -2.31. The lowest BCUT2D eigenvalue weighted by molar-refractivity contribution is -0.136. The summed E-state index contributed by atoms with van der Waals surface area (Å²) >= 11 is 0. The van der Waals surface area contributed by atoms with Gasteiger partial charge in [-0.2, -0.15) is 0 Å². The van der Waals surface area contributed by atoms with Crippen LogP contribution in [0.2, 0.25) is 0 Å². The zero-order valence-corrected chi connectivity index (χ0v) is 15.5. The van der Waals surface area contributed by atoms with Crippen LogP contribution in [-0.2, 0) is 24.3 Å². The molecule has 0 saturated carbocycles. The highest BCUT2D eigenvalue weighted by atomic mass is 32.2. The molecule has 1 aliphatic heterocycles. The first-order valence-electron chi connectivity index (χ1n) is 7.73. The summed E-state index contributed by atoms with van der Waals surface area (Å²) in [6.07, 6.45) is 1.05. The first-order valence-corrected chi connectivity index (χ1v) is 9.62. The molecule has 1 aliphatic rings. The molecular formula is C16H21N3O6S. The molecule has 1 aromatic rings. The normalized spacial score (nSPS) is 14.6. The number of benzene rings is 1. The van der Waals surface area contributed by atoms with Gasteiger partial charge in [-0.1, -0.05) is 0 Å². The molecule has 0 fully saturated rings. The quantitative estimate of drug-likeness (QED) is 0.568. The Bertz CT molecular complexity index is 863. The molecule has 0 atom stereocenters. The fourth-order valence-electron chi connectivity index (χ4n) is 2.55. The van der Waals surface area contributed by atoms with Crippen molar-refractivity contribution in [3.63, 3.8) is 0 Å². The number of β-amino-alcohol motifs (C(OH)–C–C–N with tert-alkyl or cyclic N) is 1. The summed E-state index contributed by atoms with van der Waals surface area (Å²) in [5.41, 5.74) is 1.81. The van der Waals surface area contributed by atoms with Crippen LogP contribution in [0.15, 0.2) is 29.5 Å². The third-order valence-corrected chi connectivity index (χ3v) is 4.34. The van der Waals surface area contributed by atoms with E-state index in [1.54, 1.807) is 25.1 Å². The second kappa shape index (κ2) is 7.75. The molecule has 0 aliphatic carbocycles. The minimum Gasteiger partial charge on any atom is -0.466 e. The number of sulfonamides is 1. The minimum atomic E-state index is -3.41. The van der Waals surface area contributed by atoms with Gasteiger partial charge >= 0.3 is 5.97 Å². The standard InChI is InChI=1S/C16H21N3O6S/c1-10-8-11(4-5-13(10)18-26(3,23)24)17-14-12(16(22)25-2)9-19(6-7-20)15(14)21/h4-5,8,17-18,20H,6-7,9H2,1-3H3. The van der Waals surface area contributed by atoms with Gasteiger partial charge in [-0.15, -0.1) is 0 Å². The lowest BCUT2D eigenvalue weighted by atomic mass is 10.1. The maximum absolute atomic E-state index is 12.5. The first-order chi connectivity index (χ1) is 12.2. The molecule has 1 amide bonds. The number of nitrogens with one attached hydrogen (secondary N) is 2. The van der Waals surface area contributed by atoms with E-state index in [1.807, 2.05) is 0 Å². The maximum atomic E-state index is 12.5. The van der Waals surface area contributed by atoms with Crippen LogP contribution in [-0.4, -0.2) is 63.4 Å². The smallest absolute Gasteiger partial charge is 0.337 e. The molecule has 1 heterocycles. The van der Waals surface area contributed by atoms with Gasteiger partial charge in [0.2, 0.25) is 10.0 Å². The Kier molecular flexibility index (Phi) is 5.88. The van der Waals surface area contributed by atoms with Gasteiger partial charge in [-0.25, -0.2) is 13.2 Å². The Morgan fingerprint density at radius 3 is 2.62 bits per heavy atom. The van der Waals surface area contributed by atoms with Crippen molar-refractivity contribution in [3.05, 3.63) is 35.0 Å². The van der Waals surface area contributed by atoms with Crippen molar-refractivity contribution in [2.45, 2.75) is 6.92 Å². The number of aryl methyl sites for hydroxylation is 1. The number of methoxy groups -OCH3 is 1. The average molecular weight is 383 g/mol. The van der Waals surface area contributed by atoms with Crippen LogP contribution < -0.4 is 10.0 Å². The predicted octanol–water partition coefficient (Wildman–Crippen LogP) is 0.0400. The number of hydrogen-bond donors (Lipinski definition) is 3. The van der Waals surface area contributed by atoms with Crippen molar-refractivity contribution in [1.82, 2.24) is 4.90 Å². The molecule has 0 saturated heterocycles. The van der Waals surface area contributed by atoms with E-state index in [0.717, 1.165) is 6.26 Å². The summed E-state index contributed by atoms with van der Waals surface area (Å²) in [6.45, 7) is 1.63. The topological polar surface area (TPSA) is 125 Å². The maximum Gasteiger partial charge on any atom is 0.337 e. The van der Waals surface area contributed by atoms with Crippen LogP contribution in [0, 0.1) is 6.92 Å². The average Bonchev–Trinajstić information content (AvgIpc) is 2.85. The molecule has 9 nitrogen and oxygen atoms in total. The number of aliphatic hydroxyl groups excluding tert-OH is 1. The van der Waals surface area contributed by atoms with Gasteiger partial charge < -0.3 is 20.1 Å². The summed E-state index contributed by atoms with van der Waals surface area (Å²) < 4.78 is 29.8. The fourth-order valence-corrected chi connectivity index (χ4v) is 3.18. The van der Waals surface area contributed by atoms with Crippen LogP contribution in [0.5, 0.6) is 0 Å². The van der Waals surface area contributed by atoms with Crippen LogP contribution in [0.3, 0.4) is 0 Å². The Labute approximate surface area is 151 Å². The van der Waals surface area contributed by atoms with E-state index in [2.05, 4.69) is 10.0 Å². The predicted molar refractivity (Wildman–Crippen MR) is 96.0 cm³/mol. The molecule has 0 bridgehead atoms. The van der Waals surface area contributed by atoms with E-state index in [1.165, 1.54) is 12.0 Å². The molecule has 1 aromatic carbocycles. The number of rotatable bonds is 7. The SMILES string of the molecule is COC(=O)C1=C(Nc2ccc(NS(C)(=O)=O)c(C)c2)C(=O)N(CCO)C1. The molecule has 0 aromatic heterocycles. The minimum absolute atomic E-state index is 0.0428. The monoisotopic (exact) mass is 383 g/mol. The van der Waals surface area contributed by atoms with E-state index in [-0.39, 0.29) is 31.0 Å². The van der Waals surface area contributed by atoms with Crippen molar-refractivity contribution in [1.29, 1.82) is 0 Å². The molecule has 142 valence electrons. The molecule has 0 spiro atoms. The summed E-state index contributed by atoms with van der Waals surface area (Å²) in [4.78, 5) is 25.7. The highest BCUT2D eigenvalue weighted by molar-refractivity contribution is 7.92. The van der Waals surface area contributed by atoms with Gasteiger partial charge in [-0.05, 0) is 30.7 Å². The van der Waals surface area contributed by atoms with Crippen molar-refractivity contribution in [2.75, 3.05) is 43.1 Å². The molecule has 0 radical (unpaired) electrons. The van der Waals surface area contributed by atoms with Crippen molar-refractivity contribution >= 4 is 33.3 Å². The van der Waals surface area contributed by atoms with Gasteiger partial charge in [-0.3, -0.25) is 9.52 Å². The third kappa shape index (κ3) is 4.52. The van der Waals surface area contributed by atoms with E-state index in [4.69, 9.17) is 9.84 Å². The van der Waals surface area contributed by atoms with E-state index >= 15 is 0 Å². The van der Waals surface area contributed by atoms with Crippen LogP contribution in [0.25, 0.3) is 0 Å². The zero-order chi connectivity index (χ0) is 19.5. The lowest BCUT2D eigenvalue weighted by Gasteiger charge is -2.15. The Hall–Kier alpha value is -2.59. The zero-order valence-electron chi connectivity index (χ0n) is 14.7. The Morgan fingerprint density at radius 1 is 1.38 bits per heavy atom. The molecular weight excluding hydrogens is 362 g/mol. The summed E-state index contributed by atoms with van der Waals surface area (Å²) in [6, 6.07) is 4.80. The Balaban J connectivity index is 2.30. The van der Waals surface area contributed by atoms with Crippen molar-refractivity contribution in [3.8, 4) is 0 Å². The van der Waals surface area contributed by atoms with Gasteiger partial charge in [0.05, 0.1) is 37.8 Å². The highest BCUT2D eigenvalue weighted by Crippen LogP contribution is 2.25. The van der Waals surface area contributed by atoms with Crippen LogP contribution in [0.1, 0.15) is 5.56 Å². The first kappa shape index (κ1) is 19.7. The molecule has 2 rings (SSSR count). The van der Waals surface area contributed by atoms with E-state index < -0.39 is 21.9 Å². The number of amides is 1. The third-order valence-electron chi connectivity index (χ3n) is 3.74. The Morgan fingerprint density at radius 2 is 2.08 bits per heavy atom. The largest absolute Gasteiger partial charge is 0.466 e. The van der Waals surface area contributed by atoms with Crippen molar-refractivity contribution < 1.29 is 27.9 Å². The molecule has 3 N–H and O–H groups in total. The van der Waals surface area contributed by atoms with Gasteiger partial charge in [0.1, 0.15) is 5.70 Å². The van der Waals surface area contributed by atoms with Gasteiger partial charge in [0.15, 0.2) is 0 Å². The summed E-state index contributed by atoms with van der Waals surface area (Å²) in [7, 11) is -2.18. The number of ether oxygens (including phenoxy) is 1. The van der Waals surface area contributed by atoms with Crippen molar-refractivity contribution in [2.24, 2.45) is 0 Å². The number of carbonyl (C=O) groups is 2. The summed E-state index contributed by atoms with van der Waals surface area (Å²) in [5.74, 6) is -1.05. The van der Waals surface area contributed by atoms with Crippen LogP contribution >= 0.6 is 0 Å². The molecule has 26 heavy (non-hydrogen) atoms. The molecule has 0 unspecified atom stereocenters. The number of hydrogen-bond acceptors (Lipinski definition) is 7. The number of esters is 1. The van der Waals surface area contributed by atoms with Gasteiger partial charge in [0, 0.05) is 12.2 Å². The second-order valence-electron chi connectivity index (χ2n) is 5.82. The summed E-state index contributed by atoms with van der Waals surface area (Å²) in [5, 5.41) is 12.0.